The van der Waals surface area contributed by atoms with Crippen LogP contribution in [-0.4, -0.2) is 13.2 Å². The van der Waals surface area contributed by atoms with Gasteiger partial charge in [0.1, 0.15) is 11.8 Å². The van der Waals surface area contributed by atoms with Crippen molar-refractivity contribution in [2.75, 3.05) is 12.4 Å². The van der Waals surface area contributed by atoms with Gasteiger partial charge in [-0.05, 0) is 25.0 Å². The van der Waals surface area contributed by atoms with E-state index in [1.807, 2.05) is 12.1 Å². The molecule has 1 saturated carbocycles. The first-order valence-corrected chi connectivity index (χ1v) is 4.72. The molecule has 0 spiro atoms. The zero-order chi connectivity index (χ0) is 9.97. The molecule has 0 amide bonds. The van der Waals surface area contributed by atoms with Crippen molar-refractivity contribution in [2.24, 2.45) is 0 Å². The number of benzene rings is 1. The Labute approximate surface area is 83.3 Å². The topological polar surface area (TPSA) is 45.0 Å². The van der Waals surface area contributed by atoms with Crippen molar-refractivity contribution in [3.05, 3.63) is 23.8 Å². The van der Waals surface area contributed by atoms with Crippen LogP contribution in [0, 0.1) is 11.3 Å². The van der Waals surface area contributed by atoms with Crippen molar-refractivity contribution in [3.8, 4) is 11.8 Å². The van der Waals surface area contributed by atoms with E-state index < -0.39 is 0 Å². The largest absolute Gasteiger partial charge is 0.490 e. The number of anilines is 1. The average molecular weight is 188 g/mol. The Kier molecular flexibility index (Phi) is 2.28. The van der Waals surface area contributed by atoms with Gasteiger partial charge in [-0.15, -0.1) is 0 Å². The molecule has 0 unspecified atom stereocenters. The second kappa shape index (κ2) is 3.59. The third-order valence-electron chi connectivity index (χ3n) is 2.21. The smallest absolute Gasteiger partial charge is 0.121 e. The molecule has 1 aromatic carbocycles. The first-order chi connectivity index (χ1) is 6.83. The van der Waals surface area contributed by atoms with Gasteiger partial charge in [0, 0.05) is 13.1 Å². The highest BCUT2D eigenvalue weighted by molar-refractivity contribution is 5.59. The Morgan fingerprint density at radius 3 is 2.86 bits per heavy atom. The Morgan fingerprint density at radius 1 is 1.50 bits per heavy atom. The summed E-state index contributed by atoms with van der Waals surface area (Å²) >= 11 is 0. The van der Waals surface area contributed by atoms with Gasteiger partial charge in [0.05, 0.1) is 17.4 Å². The van der Waals surface area contributed by atoms with Gasteiger partial charge in [0.25, 0.3) is 0 Å². The van der Waals surface area contributed by atoms with Crippen LogP contribution in [0.25, 0.3) is 0 Å². The van der Waals surface area contributed by atoms with Crippen LogP contribution in [0.15, 0.2) is 18.2 Å². The zero-order valence-electron chi connectivity index (χ0n) is 8.08. The summed E-state index contributed by atoms with van der Waals surface area (Å²) < 4.78 is 5.59. The van der Waals surface area contributed by atoms with Gasteiger partial charge >= 0.3 is 0 Å². The number of nitrogens with zero attached hydrogens (tertiary/aromatic N) is 1. The van der Waals surface area contributed by atoms with Gasteiger partial charge in [0.2, 0.25) is 0 Å². The van der Waals surface area contributed by atoms with Crippen LogP contribution in [-0.2, 0) is 0 Å². The van der Waals surface area contributed by atoms with E-state index in [1.54, 1.807) is 13.1 Å². The van der Waals surface area contributed by atoms with Crippen LogP contribution in [0.2, 0.25) is 0 Å². The van der Waals surface area contributed by atoms with Gasteiger partial charge in [-0.1, -0.05) is 0 Å². The molecule has 1 aromatic rings. The first-order valence-electron chi connectivity index (χ1n) is 4.72. The lowest BCUT2D eigenvalue weighted by molar-refractivity contribution is 0.303. The average Bonchev–Trinajstić information content (AvgIpc) is 3.01. The maximum Gasteiger partial charge on any atom is 0.121 e. The van der Waals surface area contributed by atoms with Crippen molar-refractivity contribution >= 4 is 5.69 Å². The maximum absolute atomic E-state index is 8.88. The van der Waals surface area contributed by atoms with E-state index in [1.165, 1.54) is 0 Å². The summed E-state index contributed by atoms with van der Waals surface area (Å²) in [4.78, 5) is 0. The number of hydrogen-bond donors (Lipinski definition) is 1. The molecule has 14 heavy (non-hydrogen) atoms. The quantitative estimate of drug-likeness (QED) is 0.790. The highest BCUT2D eigenvalue weighted by Crippen LogP contribution is 2.28. The molecule has 0 atom stereocenters. The molecule has 3 heteroatoms. The lowest BCUT2D eigenvalue weighted by atomic mass is 10.2. The molecule has 1 aliphatic carbocycles. The molecule has 0 radical (unpaired) electrons. The van der Waals surface area contributed by atoms with E-state index in [2.05, 4.69) is 11.4 Å². The molecule has 72 valence electrons. The minimum atomic E-state index is 0.377. The number of rotatable bonds is 3. The molecule has 1 N–H and O–H groups in total. The van der Waals surface area contributed by atoms with Gasteiger partial charge < -0.3 is 10.1 Å². The molecule has 1 aliphatic rings. The number of nitriles is 1. The Hall–Kier alpha value is -1.69. The summed E-state index contributed by atoms with van der Waals surface area (Å²) in [7, 11) is 1.80. The molecule has 2 rings (SSSR count). The molecular weight excluding hydrogens is 176 g/mol. The van der Waals surface area contributed by atoms with Crippen molar-refractivity contribution in [2.45, 2.75) is 18.9 Å². The number of hydrogen-bond acceptors (Lipinski definition) is 3. The zero-order valence-corrected chi connectivity index (χ0v) is 8.08. The fraction of sp³-hybridized carbons (Fsp3) is 0.364. The normalized spacial score (nSPS) is 14.6. The Balaban J connectivity index is 2.22. The van der Waals surface area contributed by atoms with Crippen molar-refractivity contribution < 1.29 is 4.74 Å². The van der Waals surface area contributed by atoms with Crippen LogP contribution < -0.4 is 10.1 Å². The standard InChI is InChI=1S/C11H12N2O/c1-13-11-5-4-10(6-8(11)7-12)14-9-2-3-9/h4-6,9,13H,2-3H2,1H3. The molecular formula is C11H12N2O. The fourth-order valence-corrected chi connectivity index (χ4v) is 1.29. The fourth-order valence-electron chi connectivity index (χ4n) is 1.29. The molecule has 0 aromatic heterocycles. The first kappa shape index (κ1) is 8.89. The van der Waals surface area contributed by atoms with Crippen molar-refractivity contribution in [1.82, 2.24) is 0 Å². The SMILES string of the molecule is CNc1ccc(OC2CC2)cc1C#N. The minimum absolute atomic E-state index is 0.377. The lowest BCUT2D eigenvalue weighted by Crippen LogP contribution is -1.98. The van der Waals surface area contributed by atoms with E-state index in [-0.39, 0.29) is 0 Å². The van der Waals surface area contributed by atoms with Crippen LogP contribution in [0.3, 0.4) is 0 Å². The van der Waals surface area contributed by atoms with E-state index in [0.29, 0.717) is 11.7 Å². The second-order valence-corrected chi connectivity index (χ2v) is 3.39. The predicted octanol–water partition coefficient (Wildman–Crippen LogP) is 2.14. The van der Waals surface area contributed by atoms with Crippen LogP contribution >= 0.6 is 0 Å². The molecule has 3 nitrogen and oxygen atoms in total. The van der Waals surface area contributed by atoms with E-state index in [0.717, 1.165) is 24.3 Å². The van der Waals surface area contributed by atoms with Crippen LogP contribution in [0.1, 0.15) is 18.4 Å². The second-order valence-electron chi connectivity index (χ2n) is 3.39. The molecule has 0 heterocycles. The van der Waals surface area contributed by atoms with Gasteiger partial charge in [-0.25, -0.2) is 0 Å². The summed E-state index contributed by atoms with van der Waals surface area (Å²) in [5, 5.41) is 11.8. The predicted molar refractivity (Wildman–Crippen MR) is 54.4 cm³/mol. The summed E-state index contributed by atoms with van der Waals surface area (Å²) in [5.74, 6) is 0.794. The van der Waals surface area contributed by atoms with E-state index >= 15 is 0 Å². The summed E-state index contributed by atoms with van der Waals surface area (Å²) in [6, 6.07) is 7.69. The summed E-state index contributed by atoms with van der Waals surface area (Å²) in [5.41, 5.74) is 1.47. The van der Waals surface area contributed by atoms with Gasteiger partial charge in [-0.3, -0.25) is 0 Å². The highest BCUT2D eigenvalue weighted by atomic mass is 16.5. The minimum Gasteiger partial charge on any atom is -0.490 e. The number of ether oxygens (including phenoxy) is 1. The van der Waals surface area contributed by atoms with Gasteiger partial charge in [0.15, 0.2) is 0 Å². The Morgan fingerprint density at radius 2 is 2.29 bits per heavy atom. The number of nitrogens with one attached hydrogen (secondary N) is 1. The molecule has 1 fully saturated rings. The van der Waals surface area contributed by atoms with E-state index in [9.17, 15) is 0 Å². The third kappa shape index (κ3) is 1.80. The Bertz CT molecular complexity index is 377. The summed E-state index contributed by atoms with van der Waals surface area (Å²) in [6.07, 6.45) is 2.65. The van der Waals surface area contributed by atoms with Crippen molar-refractivity contribution in [1.29, 1.82) is 5.26 Å². The maximum atomic E-state index is 8.88. The van der Waals surface area contributed by atoms with Crippen LogP contribution in [0.5, 0.6) is 5.75 Å². The summed E-state index contributed by atoms with van der Waals surface area (Å²) in [6.45, 7) is 0. The van der Waals surface area contributed by atoms with E-state index in [4.69, 9.17) is 10.00 Å². The molecule has 0 aliphatic heterocycles. The van der Waals surface area contributed by atoms with Gasteiger partial charge in [-0.2, -0.15) is 5.26 Å². The highest BCUT2D eigenvalue weighted by Gasteiger charge is 2.23. The van der Waals surface area contributed by atoms with Crippen molar-refractivity contribution in [3.63, 3.8) is 0 Å². The molecule has 0 bridgehead atoms. The molecule has 0 saturated heterocycles. The van der Waals surface area contributed by atoms with Crippen LogP contribution in [0.4, 0.5) is 5.69 Å². The third-order valence-corrected chi connectivity index (χ3v) is 2.21. The monoisotopic (exact) mass is 188 g/mol. The lowest BCUT2D eigenvalue weighted by Gasteiger charge is -2.07.